The Morgan fingerprint density at radius 2 is 1.71 bits per heavy atom. The molecule has 0 fully saturated rings. The summed E-state index contributed by atoms with van der Waals surface area (Å²) in [4.78, 5) is 21.9. The summed E-state index contributed by atoms with van der Waals surface area (Å²) in [6, 6.07) is 12.1. The zero-order valence-corrected chi connectivity index (χ0v) is 11.1. The van der Waals surface area contributed by atoms with Gasteiger partial charge in [-0.2, -0.15) is 0 Å². The molecule has 0 saturated carbocycles. The van der Waals surface area contributed by atoms with Gasteiger partial charge in [0.2, 0.25) is 0 Å². The minimum Gasteiger partial charge on any atom is -0.388 e. The van der Waals surface area contributed by atoms with Crippen LogP contribution in [0.15, 0.2) is 48.5 Å². The van der Waals surface area contributed by atoms with Crippen LogP contribution in [0.4, 0.5) is 22.7 Å². The van der Waals surface area contributed by atoms with Gasteiger partial charge in [-0.15, -0.1) is 0 Å². The number of benzene rings is 2. The molecule has 0 amide bonds. The van der Waals surface area contributed by atoms with Gasteiger partial charge in [-0.3, -0.25) is 10.1 Å². The van der Waals surface area contributed by atoms with Gasteiger partial charge in [-0.1, -0.05) is 23.2 Å². The van der Waals surface area contributed by atoms with Crippen LogP contribution in [-0.4, -0.2) is 17.0 Å². The topological polar surface area (TPSA) is 102 Å². The largest absolute Gasteiger partial charge is 0.388 e. The number of hydrogen-bond donors (Lipinski definition) is 1. The maximum Gasteiger partial charge on any atom is 0.301 e. The molecular weight excluding hydrogens is 276 g/mol. The van der Waals surface area contributed by atoms with Crippen molar-refractivity contribution in [1.29, 1.82) is 0 Å². The van der Waals surface area contributed by atoms with Gasteiger partial charge >= 0.3 is 5.69 Å². The minimum absolute atomic E-state index is 0.102. The van der Waals surface area contributed by atoms with Crippen LogP contribution in [0.25, 0.3) is 0 Å². The molecule has 8 nitrogen and oxygen atoms in total. The van der Waals surface area contributed by atoms with Crippen LogP contribution in [0.2, 0.25) is 0 Å². The summed E-state index contributed by atoms with van der Waals surface area (Å²) in [5.74, 6) is 0. The second kappa shape index (κ2) is 5.87. The van der Waals surface area contributed by atoms with Crippen molar-refractivity contribution in [2.45, 2.75) is 0 Å². The molecule has 0 spiro atoms. The lowest BCUT2D eigenvalue weighted by Crippen LogP contribution is -2.25. The zero-order chi connectivity index (χ0) is 15.4. The van der Waals surface area contributed by atoms with Gasteiger partial charge in [0.15, 0.2) is 10.7 Å². The van der Waals surface area contributed by atoms with E-state index in [0.29, 0.717) is 10.7 Å². The van der Waals surface area contributed by atoms with E-state index in [4.69, 9.17) is 0 Å². The first-order chi connectivity index (χ1) is 10.0. The minimum atomic E-state index is -0.684. The number of para-hydroxylation sites is 1. The number of nitro benzene ring substituents is 1. The lowest BCUT2D eigenvalue weighted by atomic mass is 10.2. The van der Waals surface area contributed by atoms with E-state index in [1.165, 1.54) is 24.3 Å². The average Bonchev–Trinajstić information content (AvgIpc) is 2.48. The standard InChI is InChI=1S/C13H12N4O4/c1-14-10-7-8-12(13(9-10)16(18)19)15(17(20)21)11-5-3-2-4-6-11/h2-9,14H,1H3. The monoisotopic (exact) mass is 288 g/mol. The van der Waals surface area contributed by atoms with E-state index < -0.39 is 9.96 Å². The fourth-order valence-electron chi connectivity index (χ4n) is 1.89. The molecular formula is C13H12N4O4. The van der Waals surface area contributed by atoms with Crippen molar-refractivity contribution < 1.29 is 9.96 Å². The predicted octanol–water partition coefficient (Wildman–Crippen LogP) is 2.97. The Labute approximate surface area is 119 Å². The number of hydrazine groups is 1. The maximum atomic E-state index is 11.3. The number of anilines is 3. The molecule has 0 radical (unpaired) electrons. The van der Waals surface area contributed by atoms with Gasteiger partial charge in [-0.05, 0) is 24.3 Å². The summed E-state index contributed by atoms with van der Waals surface area (Å²) < 4.78 is 0. The molecule has 21 heavy (non-hydrogen) atoms. The highest BCUT2D eigenvalue weighted by Crippen LogP contribution is 2.35. The van der Waals surface area contributed by atoms with Gasteiger partial charge in [0.1, 0.15) is 5.69 Å². The third-order valence-electron chi connectivity index (χ3n) is 2.85. The Bertz CT molecular complexity index is 675. The molecule has 1 N–H and O–H groups in total. The summed E-state index contributed by atoms with van der Waals surface area (Å²) in [6.45, 7) is 0. The lowest BCUT2D eigenvalue weighted by Gasteiger charge is -2.14. The van der Waals surface area contributed by atoms with Gasteiger partial charge in [0.05, 0.1) is 4.92 Å². The first kappa shape index (κ1) is 14.3. The van der Waals surface area contributed by atoms with Crippen molar-refractivity contribution in [2.24, 2.45) is 0 Å². The van der Waals surface area contributed by atoms with Crippen molar-refractivity contribution in [3.63, 3.8) is 0 Å². The van der Waals surface area contributed by atoms with Crippen LogP contribution < -0.4 is 10.3 Å². The number of hydrogen-bond acceptors (Lipinski definition) is 5. The van der Waals surface area contributed by atoms with Crippen molar-refractivity contribution in [2.75, 3.05) is 17.4 Å². The second-order valence-corrected chi connectivity index (χ2v) is 4.10. The molecule has 2 rings (SSSR count). The Kier molecular flexibility index (Phi) is 3.98. The van der Waals surface area contributed by atoms with Crippen molar-refractivity contribution >= 4 is 22.7 Å². The Morgan fingerprint density at radius 1 is 1.05 bits per heavy atom. The summed E-state index contributed by atoms with van der Waals surface area (Å²) in [6.07, 6.45) is 0. The highest BCUT2D eigenvalue weighted by atomic mass is 16.7. The van der Waals surface area contributed by atoms with Crippen LogP contribution >= 0.6 is 0 Å². The smallest absolute Gasteiger partial charge is 0.301 e. The van der Waals surface area contributed by atoms with Crippen LogP contribution in [0, 0.1) is 20.2 Å². The second-order valence-electron chi connectivity index (χ2n) is 4.10. The molecule has 0 bridgehead atoms. The number of nitro groups is 2. The molecule has 108 valence electrons. The van der Waals surface area contributed by atoms with E-state index >= 15 is 0 Å². The summed E-state index contributed by atoms with van der Waals surface area (Å²) in [5.41, 5.74) is 0.294. The first-order valence-electron chi connectivity index (χ1n) is 6.00. The zero-order valence-electron chi connectivity index (χ0n) is 11.1. The van der Waals surface area contributed by atoms with Gasteiger partial charge in [0.25, 0.3) is 0 Å². The number of nitrogens with one attached hydrogen (secondary N) is 1. The van der Waals surface area contributed by atoms with Crippen LogP contribution in [0.3, 0.4) is 0 Å². The fraction of sp³-hybridized carbons (Fsp3) is 0.0769. The molecule has 0 heterocycles. The Morgan fingerprint density at radius 3 is 2.24 bits per heavy atom. The summed E-state index contributed by atoms with van der Waals surface area (Å²) >= 11 is 0. The fourth-order valence-corrected chi connectivity index (χ4v) is 1.89. The van der Waals surface area contributed by atoms with Gasteiger partial charge < -0.3 is 5.32 Å². The summed E-state index contributed by atoms with van der Waals surface area (Å²) in [5, 5.41) is 25.3. The SMILES string of the molecule is CNc1ccc(N(c2ccccc2)[N+](=O)[O-])c([N+](=O)[O-])c1. The molecule has 2 aromatic carbocycles. The third kappa shape index (κ3) is 2.89. The van der Waals surface area contributed by atoms with Crippen LogP contribution in [0.5, 0.6) is 0 Å². The lowest BCUT2D eigenvalue weighted by molar-refractivity contribution is -0.484. The molecule has 0 aromatic heterocycles. The molecule has 0 atom stereocenters. The van der Waals surface area contributed by atoms with Crippen molar-refractivity contribution in [1.82, 2.24) is 0 Å². The van der Waals surface area contributed by atoms with E-state index in [9.17, 15) is 20.2 Å². The third-order valence-corrected chi connectivity index (χ3v) is 2.85. The maximum absolute atomic E-state index is 11.3. The highest BCUT2D eigenvalue weighted by molar-refractivity contribution is 5.73. The van der Waals surface area contributed by atoms with E-state index in [0.717, 1.165) is 0 Å². The number of rotatable bonds is 5. The van der Waals surface area contributed by atoms with E-state index in [1.807, 2.05) is 0 Å². The van der Waals surface area contributed by atoms with Crippen LogP contribution in [0.1, 0.15) is 0 Å². The molecule has 0 aliphatic heterocycles. The first-order valence-corrected chi connectivity index (χ1v) is 6.00. The molecule has 0 aliphatic rings. The molecule has 0 unspecified atom stereocenters. The molecule has 0 aliphatic carbocycles. The predicted molar refractivity (Wildman–Crippen MR) is 78.2 cm³/mol. The average molecular weight is 288 g/mol. The molecule has 0 saturated heterocycles. The molecule has 8 heteroatoms. The molecule has 2 aromatic rings. The quantitative estimate of drug-likeness (QED) is 0.670. The Hall–Kier alpha value is -3.16. The highest BCUT2D eigenvalue weighted by Gasteiger charge is 2.29. The van der Waals surface area contributed by atoms with E-state index in [1.54, 1.807) is 31.3 Å². The van der Waals surface area contributed by atoms with E-state index in [-0.39, 0.29) is 17.1 Å². The van der Waals surface area contributed by atoms with Gasteiger partial charge in [-0.25, -0.2) is 10.1 Å². The van der Waals surface area contributed by atoms with Crippen molar-refractivity contribution in [3.8, 4) is 0 Å². The Balaban J connectivity index is 2.61. The van der Waals surface area contributed by atoms with Crippen molar-refractivity contribution in [3.05, 3.63) is 68.8 Å². The number of nitrogens with zero attached hydrogens (tertiary/aromatic N) is 3. The van der Waals surface area contributed by atoms with Gasteiger partial charge in [0, 0.05) is 18.8 Å². The van der Waals surface area contributed by atoms with E-state index in [2.05, 4.69) is 5.32 Å². The van der Waals surface area contributed by atoms with Crippen LogP contribution in [-0.2, 0) is 0 Å². The normalized spacial score (nSPS) is 9.95. The summed E-state index contributed by atoms with van der Waals surface area (Å²) in [7, 11) is 1.61.